The average Bonchev–Trinajstić information content (AvgIpc) is 1.37. The van der Waals surface area contributed by atoms with Gasteiger partial charge >= 0.3 is 0 Å². The Morgan fingerprint density at radius 3 is 2.25 bits per heavy atom. The molecule has 0 aromatic rings. The highest BCUT2D eigenvalue weighted by atomic mass is 33.1. The summed E-state index contributed by atoms with van der Waals surface area (Å²) in [5.41, 5.74) is 0. The van der Waals surface area contributed by atoms with E-state index in [2.05, 4.69) is 11.7 Å². The quantitative estimate of drug-likeness (QED) is 0.383. The third kappa shape index (κ3) is 2.63. The van der Waals surface area contributed by atoms with Gasteiger partial charge in [0.05, 0.1) is 0 Å². The molecule has 4 heavy (non-hydrogen) atoms. The van der Waals surface area contributed by atoms with Gasteiger partial charge in [-0.15, -0.1) is 11.7 Å². The highest BCUT2D eigenvalue weighted by molar-refractivity contribution is 8.68. The maximum absolute atomic E-state index is 10.6. The third-order valence-corrected chi connectivity index (χ3v) is 0.439. The van der Waals surface area contributed by atoms with Crippen LogP contribution in [0.3, 0.4) is 0 Å². The van der Waals surface area contributed by atoms with Crippen LogP contribution < -0.4 is 0 Å². The highest BCUT2D eigenvalue weighted by Gasteiger charge is 1.61. The van der Waals surface area contributed by atoms with E-state index in [4.69, 9.17) is 0 Å². The van der Waals surface area contributed by atoms with Gasteiger partial charge in [0.15, 0.2) is 0 Å². The zero-order chi connectivity index (χ0) is 3.41. The van der Waals surface area contributed by atoms with Crippen LogP contribution in [0.2, 0.25) is 0 Å². The molecule has 0 nitrogen and oxygen atoms in total. The van der Waals surface area contributed by atoms with Crippen molar-refractivity contribution in [2.24, 2.45) is 0 Å². The minimum atomic E-state index is -0.400. The van der Waals surface area contributed by atoms with Crippen LogP contribution in [0, 0.1) is 0 Å². The van der Waals surface area contributed by atoms with Crippen molar-refractivity contribution in [1.82, 2.24) is 0 Å². The molecule has 0 aliphatic carbocycles. The van der Waals surface area contributed by atoms with Gasteiger partial charge in [0.1, 0.15) is 6.01 Å². The molecule has 0 heterocycles. The summed E-state index contributed by atoms with van der Waals surface area (Å²) in [4.78, 5) is 0. The van der Waals surface area contributed by atoms with Gasteiger partial charge in [-0.1, -0.05) is 10.8 Å². The molecule has 0 aromatic carbocycles. The monoisotopic (exact) mass is 98.0 g/mol. The summed E-state index contributed by atoms with van der Waals surface area (Å²) in [7, 11) is 0.884. The molecule has 0 aromatic heterocycles. The van der Waals surface area contributed by atoms with Crippen LogP contribution in [0.4, 0.5) is 4.39 Å². The maximum atomic E-state index is 10.6. The first-order valence-electron chi connectivity index (χ1n) is 0.739. The average molecular weight is 98.2 g/mol. The Kier molecular flexibility index (Phi) is 4.20. The molecule has 0 atom stereocenters. The lowest BCUT2D eigenvalue weighted by molar-refractivity contribution is 0.608. The van der Waals surface area contributed by atoms with Crippen molar-refractivity contribution in [1.29, 1.82) is 0 Å². The van der Waals surface area contributed by atoms with Crippen LogP contribution >= 0.6 is 22.5 Å². The van der Waals surface area contributed by atoms with E-state index in [1.807, 2.05) is 0 Å². The summed E-state index contributed by atoms with van der Waals surface area (Å²) in [6.07, 6.45) is 0. The first kappa shape index (κ1) is 4.63. The molecular formula is CH3FS2. The molecule has 0 saturated carbocycles. The van der Waals surface area contributed by atoms with Crippen LogP contribution in [0.1, 0.15) is 0 Å². The lowest BCUT2D eigenvalue weighted by Crippen LogP contribution is -1.40. The van der Waals surface area contributed by atoms with E-state index in [9.17, 15) is 4.39 Å². The Balaban J connectivity index is 1.97. The zero-order valence-corrected chi connectivity index (χ0v) is 3.65. The number of alkyl halides is 1. The van der Waals surface area contributed by atoms with Crippen LogP contribution in [0.25, 0.3) is 0 Å². The molecule has 0 N–H and O–H groups in total. The normalized spacial score (nSPS) is 7.50. The van der Waals surface area contributed by atoms with E-state index < -0.39 is 6.01 Å². The number of rotatable bonds is 1. The predicted octanol–water partition coefficient (Wildman–Crippen LogP) is 1.49. The molecule has 0 aliphatic rings. The van der Waals surface area contributed by atoms with Gasteiger partial charge in [-0.2, -0.15) is 0 Å². The van der Waals surface area contributed by atoms with E-state index in [-0.39, 0.29) is 0 Å². The maximum Gasteiger partial charge on any atom is 0.145 e. The molecule has 0 fully saturated rings. The van der Waals surface area contributed by atoms with Crippen LogP contribution in [0.15, 0.2) is 0 Å². The second kappa shape index (κ2) is 3.63. The minimum absolute atomic E-state index is 0.400. The Bertz CT molecular complexity index is 8.00. The van der Waals surface area contributed by atoms with Crippen molar-refractivity contribution >= 4 is 22.5 Å². The fraction of sp³-hybridized carbons (Fsp3) is 1.00. The zero-order valence-electron chi connectivity index (χ0n) is 1.94. The molecule has 0 amide bonds. The van der Waals surface area contributed by atoms with Gasteiger partial charge in [0.25, 0.3) is 0 Å². The predicted molar refractivity (Wildman–Crippen MR) is 22.6 cm³/mol. The summed E-state index contributed by atoms with van der Waals surface area (Å²) in [5, 5.41) is 0. The lowest BCUT2D eigenvalue weighted by atomic mass is 11.8. The van der Waals surface area contributed by atoms with E-state index in [0.717, 1.165) is 10.8 Å². The lowest BCUT2D eigenvalue weighted by Gasteiger charge is -1.64. The Morgan fingerprint density at radius 1 is 2.00 bits per heavy atom. The molecule has 0 radical (unpaired) electrons. The van der Waals surface area contributed by atoms with Crippen LogP contribution in [-0.4, -0.2) is 6.01 Å². The molecule has 0 unspecified atom stereocenters. The summed E-state index contributed by atoms with van der Waals surface area (Å²) >= 11 is 3.46. The van der Waals surface area contributed by atoms with Gasteiger partial charge < -0.3 is 0 Å². The van der Waals surface area contributed by atoms with E-state index >= 15 is 0 Å². The second-order valence-electron chi connectivity index (χ2n) is 0.238. The molecule has 0 spiro atoms. The number of hydrogen-bond donors (Lipinski definition) is 1. The van der Waals surface area contributed by atoms with Crippen molar-refractivity contribution in [2.75, 3.05) is 6.01 Å². The fourth-order valence-electron chi connectivity index (χ4n) is 0. The smallest absolute Gasteiger partial charge is 0.145 e. The van der Waals surface area contributed by atoms with Crippen LogP contribution in [-0.2, 0) is 0 Å². The van der Waals surface area contributed by atoms with Gasteiger partial charge in [0, 0.05) is 0 Å². The first-order valence-corrected chi connectivity index (χ1v) is 2.78. The van der Waals surface area contributed by atoms with Gasteiger partial charge in [-0.3, -0.25) is 0 Å². The van der Waals surface area contributed by atoms with E-state index in [1.165, 1.54) is 0 Å². The standard InChI is InChI=1S/CH3FS2/c2-1-4-3/h3H,1H2. The van der Waals surface area contributed by atoms with Gasteiger partial charge in [-0.05, 0) is 0 Å². The van der Waals surface area contributed by atoms with E-state index in [0.29, 0.717) is 0 Å². The number of hydrogen-bond acceptors (Lipinski definition) is 2. The summed E-state index contributed by atoms with van der Waals surface area (Å²) in [5.74, 6) is 0. The molecule has 26 valence electrons. The number of halogens is 1. The Morgan fingerprint density at radius 2 is 2.25 bits per heavy atom. The van der Waals surface area contributed by atoms with Crippen molar-refractivity contribution in [3.8, 4) is 0 Å². The molecular weight excluding hydrogens is 95.1 g/mol. The highest BCUT2D eigenvalue weighted by Crippen LogP contribution is 2.01. The second-order valence-corrected chi connectivity index (χ2v) is 1.49. The topological polar surface area (TPSA) is 0 Å². The van der Waals surface area contributed by atoms with Crippen LogP contribution in [0.5, 0.6) is 0 Å². The largest absolute Gasteiger partial charge is 0.238 e. The molecule has 3 heteroatoms. The third-order valence-electron chi connectivity index (χ3n) is 0.0488. The summed E-state index contributed by atoms with van der Waals surface area (Å²) in [6.45, 7) is 0. The van der Waals surface area contributed by atoms with Crippen molar-refractivity contribution in [2.45, 2.75) is 0 Å². The van der Waals surface area contributed by atoms with Gasteiger partial charge in [-0.25, -0.2) is 4.39 Å². The van der Waals surface area contributed by atoms with Crippen molar-refractivity contribution in [3.63, 3.8) is 0 Å². The van der Waals surface area contributed by atoms with E-state index in [1.54, 1.807) is 0 Å². The Labute approximate surface area is 33.6 Å². The SMILES string of the molecule is FCSS. The minimum Gasteiger partial charge on any atom is -0.238 e. The summed E-state index contributed by atoms with van der Waals surface area (Å²) in [6, 6.07) is -0.400. The molecule has 0 bridgehead atoms. The first-order chi connectivity index (χ1) is 1.91. The molecule has 0 aliphatic heterocycles. The van der Waals surface area contributed by atoms with Crippen molar-refractivity contribution < 1.29 is 4.39 Å². The molecule has 0 saturated heterocycles. The number of thiol groups is 1. The summed E-state index contributed by atoms with van der Waals surface area (Å²) < 4.78 is 10.6. The van der Waals surface area contributed by atoms with Gasteiger partial charge in [0.2, 0.25) is 0 Å². The Hall–Kier alpha value is 0.630. The molecule has 0 rings (SSSR count). The van der Waals surface area contributed by atoms with Crippen molar-refractivity contribution in [3.05, 3.63) is 0 Å². The fourth-order valence-corrected chi connectivity index (χ4v) is 0.